The van der Waals surface area contributed by atoms with Crippen molar-refractivity contribution in [3.05, 3.63) is 100 Å². The van der Waals surface area contributed by atoms with Crippen molar-refractivity contribution in [1.29, 1.82) is 0 Å². The first-order chi connectivity index (χ1) is 29.9. The second-order valence-corrected chi connectivity index (χ2v) is 16.5. The molecule has 4 aromatic rings. The highest BCUT2D eigenvalue weighted by atomic mass is 19.3. The number of likely N-dealkylation sites (tertiary alicyclic amines) is 1. The molecule has 4 fully saturated rings. The summed E-state index contributed by atoms with van der Waals surface area (Å²) in [5.74, 6) is -0.330. The van der Waals surface area contributed by atoms with Crippen LogP contribution in [0.2, 0.25) is 0 Å². The van der Waals surface area contributed by atoms with Crippen LogP contribution in [0.3, 0.4) is 0 Å². The number of piperidine rings is 2. The Kier molecular flexibility index (Phi) is 11.4. The molecule has 1 aromatic heterocycles. The second kappa shape index (κ2) is 17.2. The number of nitrogens with zero attached hydrogens (tertiary/aromatic N) is 4. The van der Waals surface area contributed by atoms with Gasteiger partial charge in [-0.1, -0.05) is 12.1 Å². The van der Waals surface area contributed by atoms with Crippen molar-refractivity contribution in [1.82, 2.24) is 35.6 Å². The largest absolute Gasteiger partial charge is 0.489 e. The number of aromatic nitrogens is 1. The third kappa shape index (κ3) is 8.59. The number of ether oxygens (including phenoxy) is 2. The van der Waals surface area contributed by atoms with E-state index < -0.39 is 24.4 Å². The minimum Gasteiger partial charge on any atom is -0.489 e. The second-order valence-electron chi connectivity index (χ2n) is 16.5. The number of benzene rings is 3. The fourth-order valence-corrected chi connectivity index (χ4v) is 9.07. The maximum atomic E-state index is 12.9. The van der Waals surface area contributed by atoms with Gasteiger partial charge in [0.2, 0.25) is 23.6 Å². The molecular formula is C45H45F2N7O8. The fourth-order valence-electron chi connectivity index (χ4n) is 9.07. The summed E-state index contributed by atoms with van der Waals surface area (Å²) in [6, 6.07) is 18.4. The molecule has 322 valence electrons. The smallest absolute Gasteiger partial charge is 0.280 e. The predicted octanol–water partition coefficient (Wildman–Crippen LogP) is 3.78. The van der Waals surface area contributed by atoms with Crippen LogP contribution in [0.4, 0.5) is 8.78 Å². The molecule has 15 nitrogen and oxygen atoms in total. The molecule has 4 saturated heterocycles. The zero-order valence-corrected chi connectivity index (χ0v) is 33.7. The summed E-state index contributed by atoms with van der Waals surface area (Å²) in [6.45, 7) is 4.78. The summed E-state index contributed by atoms with van der Waals surface area (Å²) < 4.78 is 38.0. The molecule has 0 spiro atoms. The van der Waals surface area contributed by atoms with Crippen LogP contribution in [0.5, 0.6) is 11.5 Å². The van der Waals surface area contributed by atoms with E-state index in [1.165, 1.54) is 11.0 Å². The SMILES string of the molecule is O=C1CCC(N2Cc3cc(O[C@H]4CCN(Cc5ccc6nc(C(F)F)ccc6c5)C4)ccc3C2=O)C(=O)N1.O=C1CCC(N2Cc3cc(O[C@H]4CCNC4)ccc3C2=O)C(=O)N1. The molecule has 6 aliphatic rings. The summed E-state index contributed by atoms with van der Waals surface area (Å²) >= 11 is 0. The van der Waals surface area contributed by atoms with Crippen LogP contribution in [0.25, 0.3) is 10.9 Å². The highest BCUT2D eigenvalue weighted by Gasteiger charge is 2.41. The van der Waals surface area contributed by atoms with Gasteiger partial charge in [0.25, 0.3) is 18.2 Å². The number of hydrogen-bond donors (Lipinski definition) is 3. The van der Waals surface area contributed by atoms with E-state index in [4.69, 9.17) is 9.47 Å². The van der Waals surface area contributed by atoms with Crippen molar-refractivity contribution in [2.45, 2.75) is 88.9 Å². The Morgan fingerprint density at radius 2 is 1.31 bits per heavy atom. The van der Waals surface area contributed by atoms with Crippen LogP contribution in [0, 0.1) is 0 Å². The number of fused-ring (bicyclic) bond motifs is 3. The molecule has 6 amide bonds. The van der Waals surface area contributed by atoms with Crippen LogP contribution in [-0.2, 0) is 38.8 Å². The monoisotopic (exact) mass is 849 g/mol. The van der Waals surface area contributed by atoms with Crippen LogP contribution >= 0.6 is 0 Å². The third-order valence-electron chi connectivity index (χ3n) is 12.2. The molecule has 2 unspecified atom stereocenters. The average Bonchev–Trinajstić information content (AvgIpc) is 4.06. The fraction of sp³-hybridized carbons (Fsp3) is 0.400. The van der Waals surface area contributed by atoms with Gasteiger partial charge in [-0.25, -0.2) is 13.8 Å². The summed E-state index contributed by atoms with van der Waals surface area (Å²) in [5, 5.41) is 8.71. The van der Waals surface area contributed by atoms with E-state index >= 15 is 0 Å². The zero-order chi connectivity index (χ0) is 43.1. The van der Waals surface area contributed by atoms with Gasteiger partial charge >= 0.3 is 0 Å². The lowest BCUT2D eigenvalue weighted by Gasteiger charge is -2.29. The summed E-state index contributed by atoms with van der Waals surface area (Å²) in [7, 11) is 0. The topological polar surface area (TPSA) is 180 Å². The number of nitrogens with one attached hydrogen (secondary N) is 3. The number of hydrogen-bond acceptors (Lipinski definition) is 11. The maximum Gasteiger partial charge on any atom is 0.280 e. The number of rotatable bonds is 9. The highest BCUT2D eigenvalue weighted by Crippen LogP contribution is 2.33. The van der Waals surface area contributed by atoms with E-state index in [-0.39, 0.29) is 60.3 Å². The minimum absolute atomic E-state index is 0.00730. The van der Waals surface area contributed by atoms with Gasteiger partial charge in [0.15, 0.2) is 0 Å². The van der Waals surface area contributed by atoms with E-state index in [9.17, 15) is 37.5 Å². The molecule has 0 bridgehead atoms. The lowest BCUT2D eigenvalue weighted by Crippen LogP contribution is -2.52. The molecule has 6 aliphatic heterocycles. The number of imide groups is 2. The van der Waals surface area contributed by atoms with Gasteiger partial charge in [-0.2, -0.15) is 0 Å². The lowest BCUT2D eigenvalue weighted by atomic mass is 10.0. The first-order valence-corrected chi connectivity index (χ1v) is 20.9. The number of carbonyl (C=O) groups is 6. The minimum atomic E-state index is -2.59. The first-order valence-electron chi connectivity index (χ1n) is 20.9. The number of carbonyl (C=O) groups excluding carboxylic acids is 6. The molecule has 62 heavy (non-hydrogen) atoms. The molecule has 7 heterocycles. The Hall–Kier alpha value is -6.33. The van der Waals surface area contributed by atoms with Crippen molar-refractivity contribution < 1.29 is 47.0 Å². The van der Waals surface area contributed by atoms with Crippen molar-refractivity contribution in [2.24, 2.45) is 0 Å². The standard InChI is InChI=1S/C28H26F2N4O4.C17H19N3O4/c29-26(30)23-6-2-17-11-16(1-5-22(17)31-23)13-33-10-9-20(15-33)38-19-3-4-21-18(12-19)14-34(28(21)37)24-7-8-25(35)32-27(24)36;21-15-4-3-14(16(22)19-15)20-9-10-7-11(1-2-13(10)17(20)23)24-12-5-6-18-8-12/h1-6,11-12,20,24,26H,7-10,13-15H2,(H,32,35,36);1-2,7,12,14,18H,3-6,8-9H2,(H,19,21,22)/t20-,24?;12-,14?/m00/s1. The normalized spacial score (nSPS) is 23.7. The Morgan fingerprint density at radius 1 is 0.694 bits per heavy atom. The first kappa shape index (κ1) is 41.0. The van der Waals surface area contributed by atoms with Gasteiger partial charge in [0.05, 0.1) is 5.52 Å². The molecule has 0 saturated carbocycles. The lowest BCUT2D eigenvalue weighted by molar-refractivity contribution is -0.138. The number of alkyl halides is 2. The quantitative estimate of drug-likeness (QED) is 0.209. The Balaban J connectivity index is 0.000000175. The highest BCUT2D eigenvalue weighted by molar-refractivity contribution is 6.06. The summed E-state index contributed by atoms with van der Waals surface area (Å²) in [4.78, 5) is 81.9. The average molecular weight is 850 g/mol. The van der Waals surface area contributed by atoms with Crippen LogP contribution in [-0.4, -0.2) is 106 Å². The maximum absolute atomic E-state index is 12.9. The van der Waals surface area contributed by atoms with E-state index in [0.29, 0.717) is 54.9 Å². The van der Waals surface area contributed by atoms with Gasteiger partial charge in [-0.15, -0.1) is 0 Å². The van der Waals surface area contributed by atoms with E-state index in [2.05, 4.69) is 25.8 Å². The third-order valence-corrected chi connectivity index (χ3v) is 12.2. The van der Waals surface area contributed by atoms with Crippen molar-refractivity contribution in [3.63, 3.8) is 0 Å². The number of amides is 6. The van der Waals surface area contributed by atoms with Gasteiger partial charge in [-0.3, -0.25) is 44.3 Å². The molecule has 0 aliphatic carbocycles. The Bertz CT molecular complexity index is 2480. The summed E-state index contributed by atoms with van der Waals surface area (Å²) in [5.41, 5.74) is 4.26. The van der Waals surface area contributed by atoms with Gasteiger partial charge in [0, 0.05) is 68.6 Å². The van der Waals surface area contributed by atoms with Crippen molar-refractivity contribution in [3.8, 4) is 11.5 Å². The summed E-state index contributed by atoms with van der Waals surface area (Å²) in [6.07, 6.45) is 0.578. The molecule has 17 heteroatoms. The van der Waals surface area contributed by atoms with Crippen molar-refractivity contribution in [2.75, 3.05) is 26.2 Å². The van der Waals surface area contributed by atoms with Gasteiger partial charge in [-0.05, 0) is 104 Å². The van der Waals surface area contributed by atoms with E-state index in [1.54, 1.807) is 35.2 Å². The molecule has 3 N–H and O–H groups in total. The van der Waals surface area contributed by atoms with Crippen LogP contribution < -0.4 is 25.4 Å². The zero-order valence-electron chi connectivity index (χ0n) is 33.7. The molecule has 10 rings (SSSR count). The molecular weight excluding hydrogens is 805 g/mol. The number of pyridine rings is 1. The van der Waals surface area contributed by atoms with Gasteiger partial charge < -0.3 is 24.6 Å². The Morgan fingerprint density at radius 3 is 1.87 bits per heavy atom. The van der Waals surface area contributed by atoms with Gasteiger partial charge in [0.1, 0.15) is 41.5 Å². The van der Waals surface area contributed by atoms with E-state index in [0.717, 1.165) is 66.8 Å². The van der Waals surface area contributed by atoms with Crippen LogP contribution in [0.1, 0.15) is 88.1 Å². The molecule has 0 radical (unpaired) electrons. The number of halogens is 2. The molecule has 4 atom stereocenters. The Labute approximate surface area is 355 Å². The van der Waals surface area contributed by atoms with Crippen molar-refractivity contribution >= 4 is 46.3 Å². The van der Waals surface area contributed by atoms with Crippen LogP contribution in [0.15, 0.2) is 66.7 Å². The van der Waals surface area contributed by atoms with E-state index in [1.807, 2.05) is 30.3 Å². The molecule has 3 aromatic carbocycles. The predicted molar refractivity (Wildman–Crippen MR) is 218 cm³/mol.